The smallest absolute Gasteiger partial charge is 0.388 e. The number of halogens is 2. The quantitative estimate of drug-likeness (QED) is 0.501. The molecule has 0 aromatic carbocycles. The number of aromatic nitrogens is 5. The second-order valence-electron chi connectivity index (χ2n) is 7.77. The summed E-state index contributed by atoms with van der Waals surface area (Å²) in [5, 5.41) is 5.64. The Hall–Kier alpha value is -3.49. The minimum atomic E-state index is -2.98. The Morgan fingerprint density at radius 1 is 1.13 bits per heavy atom. The molecule has 6 rings (SSSR count). The normalized spacial score (nSPS) is 15.8. The van der Waals surface area contributed by atoms with Gasteiger partial charge in [0.15, 0.2) is 0 Å². The van der Waals surface area contributed by atoms with Crippen molar-refractivity contribution in [3.63, 3.8) is 0 Å². The first kappa shape index (κ1) is 18.3. The van der Waals surface area contributed by atoms with Crippen molar-refractivity contribution in [1.82, 2.24) is 24.7 Å². The zero-order chi connectivity index (χ0) is 20.9. The fraction of sp³-hybridized carbons (Fsp3) is 0.318. The van der Waals surface area contributed by atoms with Crippen LogP contribution in [0.5, 0.6) is 11.8 Å². The number of rotatable bonds is 5. The first-order chi connectivity index (χ1) is 15.2. The number of hydrogen-bond acceptors (Lipinski definition) is 5. The van der Waals surface area contributed by atoms with E-state index in [9.17, 15) is 8.78 Å². The summed E-state index contributed by atoms with van der Waals surface area (Å²) in [5.41, 5.74) is 4.42. The summed E-state index contributed by atoms with van der Waals surface area (Å²) >= 11 is 0. The van der Waals surface area contributed by atoms with Gasteiger partial charge in [0.25, 0.3) is 0 Å². The lowest BCUT2D eigenvalue weighted by Gasteiger charge is -2.16. The summed E-state index contributed by atoms with van der Waals surface area (Å²) in [7, 11) is 0. The van der Waals surface area contributed by atoms with E-state index in [2.05, 4.69) is 15.0 Å². The van der Waals surface area contributed by atoms with Gasteiger partial charge in [0.2, 0.25) is 11.8 Å². The summed E-state index contributed by atoms with van der Waals surface area (Å²) in [4.78, 5) is 11.9. The Kier molecular flexibility index (Phi) is 4.15. The minimum absolute atomic E-state index is 0.126. The van der Waals surface area contributed by atoms with E-state index < -0.39 is 6.61 Å². The van der Waals surface area contributed by atoms with E-state index in [1.807, 2.05) is 16.8 Å². The van der Waals surface area contributed by atoms with Crippen LogP contribution in [0.3, 0.4) is 0 Å². The number of hydrogen-bond donors (Lipinski definition) is 1. The molecular formula is C22H19F2N5O2. The van der Waals surface area contributed by atoms with Gasteiger partial charge >= 0.3 is 6.61 Å². The van der Waals surface area contributed by atoms with Crippen LogP contribution in [0.25, 0.3) is 33.4 Å². The highest BCUT2D eigenvalue weighted by Gasteiger charge is 2.36. The molecule has 0 radical (unpaired) electrons. The Labute approximate surface area is 176 Å². The Balaban J connectivity index is 1.65. The predicted molar refractivity (Wildman–Crippen MR) is 109 cm³/mol. The third-order valence-corrected chi connectivity index (χ3v) is 5.71. The molecule has 1 N–H and O–H groups in total. The van der Waals surface area contributed by atoms with Crippen molar-refractivity contribution in [1.29, 1.82) is 0 Å². The number of aromatic amines is 1. The maximum absolute atomic E-state index is 13.1. The van der Waals surface area contributed by atoms with E-state index in [-0.39, 0.29) is 5.88 Å². The van der Waals surface area contributed by atoms with Crippen LogP contribution in [0.1, 0.15) is 30.9 Å². The van der Waals surface area contributed by atoms with Crippen molar-refractivity contribution in [2.75, 3.05) is 6.61 Å². The van der Waals surface area contributed by atoms with Gasteiger partial charge in [-0.15, -0.1) is 0 Å². The molecule has 5 heterocycles. The first-order valence-corrected chi connectivity index (χ1v) is 10.3. The lowest BCUT2D eigenvalue weighted by Crippen LogP contribution is -2.15. The molecule has 31 heavy (non-hydrogen) atoms. The van der Waals surface area contributed by atoms with Gasteiger partial charge in [-0.3, -0.25) is 0 Å². The number of nitrogens with one attached hydrogen (secondary N) is 1. The van der Waals surface area contributed by atoms with Crippen LogP contribution in [0, 0.1) is 0 Å². The van der Waals surface area contributed by atoms with Gasteiger partial charge in [-0.25, -0.2) is 14.6 Å². The van der Waals surface area contributed by atoms with E-state index in [0.29, 0.717) is 35.2 Å². The second-order valence-corrected chi connectivity index (χ2v) is 7.77. The third kappa shape index (κ3) is 3.03. The molecule has 4 aromatic rings. The van der Waals surface area contributed by atoms with Crippen molar-refractivity contribution in [2.45, 2.75) is 38.3 Å². The molecule has 1 fully saturated rings. The molecule has 0 atom stereocenters. The van der Waals surface area contributed by atoms with E-state index in [1.165, 1.54) is 6.20 Å². The summed E-state index contributed by atoms with van der Waals surface area (Å²) < 4.78 is 39.0. The number of H-pyrrole nitrogens is 1. The van der Waals surface area contributed by atoms with E-state index in [0.717, 1.165) is 48.1 Å². The zero-order valence-corrected chi connectivity index (χ0v) is 16.5. The van der Waals surface area contributed by atoms with Crippen molar-refractivity contribution < 1.29 is 18.3 Å². The van der Waals surface area contributed by atoms with E-state index >= 15 is 0 Å². The van der Waals surface area contributed by atoms with Crippen LogP contribution in [0.4, 0.5) is 8.78 Å². The molecule has 2 aliphatic rings. The summed E-state index contributed by atoms with van der Waals surface area (Å²) in [6.45, 7) is -1.58. The third-order valence-electron chi connectivity index (χ3n) is 5.71. The summed E-state index contributed by atoms with van der Waals surface area (Å²) in [6, 6.07) is 7.17. The molecule has 0 spiro atoms. The molecule has 1 aliphatic carbocycles. The number of pyridine rings is 2. The van der Waals surface area contributed by atoms with Crippen molar-refractivity contribution in [3.8, 4) is 34.1 Å². The van der Waals surface area contributed by atoms with Gasteiger partial charge in [0.05, 0.1) is 23.6 Å². The fourth-order valence-corrected chi connectivity index (χ4v) is 4.27. The van der Waals surface area contributed by atoms with Gasteiger partial charge in [0.1, 0.15) is 5.65 Å². The Morgan fingerprint density at radius 3 is 2.81 bits per heavy atom. The van der Waals surface area contributed by atoms with Gasteiger partial charge in [0, 0.05) is 47.8 Å². The van der Waals surface area contributed by atoms with E-state index in [1.54, 1.807) is 18.3 Å². The number of ether oxygens (including phenoxy) is 2. The molecule has 0 amide bonds. The fourth-order valence-electron chi connectivity index (χ4n) is 4.27. The minimum Gasteiger partial charge on any atom is -0.477 e. The average molecular weight is 423 g/mol. The highest BCUT2D eigenvalue weighted by Crippen LogP contribution is 2.51. The summed E-state index contributed by atoms with van der Waals surface area (Å²) in [5.74, 6) is 0.953. The summed E-state index contributed by atoms with van der Waals surface area (Å²) in [6.07, 6.45) is 6.18. The Bertz CT molecular complexity index is 1280. The Morgan fingerprint density at radius 2 is 1.97 bits per heavy atom. The van der Waals surface area contributed by atoms with Gasteiger partial charge in [-0.1, -0.05) is 0 Å². The molecule has 158 valence electrons. The molecule has 7 nitrogen and oxygen atoms in total. The molecule has 0 bridgehead atoms. The van der Waals surface area contributed by atoms with Crippen LogP contribution in [-0.4, -0.2) is 38.0 Å². The second kappa shape index (κ2) is 7.04. The van der Waals surface area contributed by atoms with E-state index in [4.69, 9.17) is 14.6 Å². The van der Waals surface area contributed by atoms with Gasteiger partial charge in [-0.2, -0.15) is 13.9 Å². The van der Waals surface area contributed by atoms with Crippen LogP contribution in [0.2, 0.25) is 0 Å². The maximum Gasteiger partial charge on any atom is 0.388 e. The molecule has 0 unspecified atom stereocenters. The average Bonchev–Trinajstić information content (AvgIpc) is 3.45. The lowest BCUT2D eigenvalue weighted by atomic mass is 9.98. The number of fused-ring (bicyclic) bond motifs is 2. The van der Waals surface area contributed by atoms with Gasteiger partial charge < -0.3 is 14.5 Å². The van der Waals surface area contributed by atoms with Crippen molar-refractivity contribution in [2.24, 2.45) is 0 Å². The number of aryl methyl sites for hydroxylation is 1. The van der Waals surface area contributed by atoms with Crippen molar-refractivity contribution >= 4 is 11.0 Å². The standard InChI is InChI=1S/C22H19F2N5O2/c23-22(24)31-20-14(5-2-9-26-20)15-13-4-1-8-25-19(13)27-18(15)16-17(12-6-7-12)28-29-10-3-11-30-21(16)29/h1-2,4-5,8-9,12,22H,3,6-7,10-11H2,(H,25,27). The van der Waals surface area contributed by atoms with Crippen LogP contribution in [0.15, 0.2) is 36.7 Å². The monoisotopic (exact) mass is 423 g/mol. The molecule has 0 saturated heterocycles. The first-order valence-electron chi connectivity index (χ1n) is 10.3. The topological polar surface area (TPSA) is 77.9 Å². The maximum atomic E-state index is 13.1. The van der Waals surface area contributed by atoms with Crippen LogP contribution >= 0.6 is 0 Å². The molecule has 9 heteroatoms. The van der Waals surface area contributed by atoms with Crippen LogP contribution < -0.4 is 9.47 Å². The molecule has 1 saturated carbocycles. The van der Waals surface area contributed by atoms with Gasteiger partial charge in [-0.05, 0) is 37.1 Å². The molecule has 1 aliphatic heterocycles. The number of nitrogens with zero attached hydrogens (tertiary/aromatic N) is 4. The SMILES string of the molecule is FC(F)Oc1ncccc1-c1c(-c2c(C3CC3)nn3c2OCCC3)[nH]c2ncccc12. The van der Waals surface area contributed by atoms with Crippen LogP contribution in [-0.2, 0) is 6.54 Å². The lowest BCUT2D eigenvalue weighted by molar-refractivity contribution is -0.0524. The molecular weight excluding hydrogens is 404 g/mol. The predicted octanol–water partition coefficient (Wildman–Crippen LogP) is 4.75. The largest absolute Gasteiger partial charge is 0.477 e. The highest BCUT2D eigenvalue weighted by atomic mass is 19.3. The highest BCUT2D eigenvalue weighted by molar-refractivity contribution is 6.04. The molecule has 4 aromatic heterocycles. The van der Waals surface area contributed by atoms with Crippen molar-refractivity contribution in [3.05, 3.63) is 42.4 Å². The zero-order valence-electron chi connectivity index (χ0n) is 16.5. The number of alkyl halides is 2.